The van der Waals surface area contributed by atoms with Gasteiger partial charge in [-0.2, -0.15) is 0 Å². The SMILES string of the molecule is CCCCOC(=O)c1ccc(-c2ccc(Cl)cc2Cl)cc1C(=N)C(=O)c1ccc(C(C)=O)cc1C(=O)O. The van der Waals surface area contributed by atoms with Crippen molar-refractivity contribution in [3.05, 3.63) is 92.5 Å². The molecule has 9 heteroatoms. The predicted octanol–water partition coefficient (Wildman–Crippen LogP) is 6.77. The molecule has 7 nitrogen and oxygen atoms in total. The van der Waals surface area contributed by atoms with Crippen molar-refractivity contribution in [2.45, 2.75) is 26.7 Å². The Labute approximate surface area is 223 Å². The number of halogens is 2. The first kappa shape index (κ1) is 27.8. The maximum atomic E-state index is 13.4. The Balaban J connectivity index is 2.13. The Morgan fingerprint density at radius 3 is 2.22 bits per heavy atom. The van der Waals surface area contributed by atoms with E-state index in [1.54, 1.807) is 18.2 Å². The third-order valence-electron chi connectivity index (χ3n) is 5.61. The van der Waals surface area contributed by atoms with Gasteiger partial charge >= 0.3 is 11.9 Å². The fraction of sp³-hybridized carbons (Fsp3) is 0.179. The molecule has 0 radical (unpaired) electrons. The van der Waals surface area contributed by atoms with E-state index in [4.69, 9.17) is 33.3 Å². The van der Waals surface area contributed by atoms with Crippen LogP contribution in [0.2, 0.25) is 10.0 Å². The van der Waals surface area contributed by atoms with E-state index >= 15 is 0 Å². The molecule has 0 aliphatic rings. The van der Waals surface area contributed by atoms with Crippen LogP contribution in [0, 0.1) is 5.41 Å². The number of unbranched alkanes of at least 4 members (excludes halogenated alkanes) is 1. The Kier molecular flexibility index (Phi) is 8.97. The smallest absolute Gasteiger partial charge is 0.338 e. The highest BCUT2D eigenvalue weighted by molar-refractivity contribution is 6.52. The number of nitrogens with one attached hydrogen (secondary N) is 1. The summed E-state index contributed by atoms with van der Waals surface area (Å²) in [5, 5.41) is 19.1. The molecule has 0 aliphatic heterocycles. The van der Waals surface area contributed by atoms with Gasteiger partial charge in [-0.25, -0.2) is 9.59 Å². The summed E-state index contributed by atoms with van der Waals surface area (Å²) in [4.78, 5) is 49.8. The molecule has 3 rings (SSSR count). The molecular formula is C28H23Cl2NO6. The largest absolute Gasteiger partial charge is 0.478 e. The van der Waals surface area contributed by atoms with Crippen LogP contribution in [0.15, 0.2) is 54.6 Å². The fourth-order valence-corrected chi connectivity index (χ4v) is 4.12. The van der Waals surface area contributed by atoms with Crippen molar-refractivity contribution in [3.63, 3.8) is 0 Å². The number of Topliss-reactive ketones (excluding diaryl/α,β-unsaturated/α-hetero) is 2. The first-order valence-corrected chi connectivity index (χ1v) is 12.1. The Morgan fingerprint density at radius 1 is 0.892 bits per heavy atom. The number of hydrogen-bond acceptors (Lipinski definition) is 6. The lowest BCUT2D eigenvalue weighted by Crippen LogP contribution is -2.22. The maximum absolute atomic E-state index is 13.4. The van der Waals surface area contributed by atoms with Crippen LogP contribution >= 0.6 is 23.2 Å². The number of carbonyl (C=O) groups is 4. The topological polar surface area (TPSA) is 122 Å². The second kappa shape index (κ2) is 12.0. The molecule has 0 saturated heterocycles. The molecule has 37 heavy (non-hydrogen) atoms. The zero-order valence-corrected chi connectivity index (χ0v) is 21.6. The highest BCUT2D eigenvalue weighted by Gasteiger charge is 2.26. The van der Waals surface area contributed by atoms with Crippen molar-refractivity contribution in [2.75, 3.05) is 6.61 Å². The minimum absolute atomic E-state index is 0.0273. The van der Waals surface area contributed by atoms with Gasteiger partial charge in [0.15, 0.2) is 5.78 Å². The van der Waals surface area contributed by atoms with Crippen molar-refractivity contribution in [2.24, 2.45) is 0 Å². The highest BCUT2D eigenvalue weighted by Crippen LogP contribution is 2.32. The maximum Gasteiger partial charge on any atom is 0.338 e. The van der Waals surface area contributed by atoms with Crippen LogP contribution in [-0.2, 0) is 4.74 Å². The number of rotatable bonds is 10. The van der Waals surface area contributed by atoms with E-state index in [2.05, 4.69) is 0 Å². The Hall–Kier alpha value is -3.81. The minimum Gasteiger partial charge on any atom is -0.478 e. The molecule has 0 atom stereocenters. The van der Waals surface area contributed by atoms with Crippen LogP contribution in [0.3, 0.4) is 0 Å². The standard InChI is InChI=1S/C28H23Cl2NO6/c1-3-4-11-37-28(36)21-9-6-17(19-10-7-18(29)14-24(19)30)13-22(21)25(31)26(33)20-8-5-16(15(2)32)12-23(20)27(34)35/h5-10,12-14,31H,3-4,11H2,1-2H3,(H,34,35). The molecular weight excluding hydrogens is 517 g/mol. The Morgan fingerprint density at radius 2 is 1.59 bits per heavy atom. The monoisotopic (exact) mass is 539 g/mol. The third kappa shape index (κ3) is 6.31. The van der Waals surface area contributed by atoms with Crippen LogP contribution in [-0.4, -0.2) is 40.9 Å². The molecule has 0 heterocycles. The zero-order valence-electron chi connectivity index (χ0n) is 20.1. The summed E-state index contributed by atoms with van der Waals surface area (Å²) in [7, 11) is 0. The summed E-state index contributed by atoms with van der Waals surface area (Å²) in [6.07, 6.45) is 1.44. The van der Waals surface area contributed by atoms with Gasteiger partial charge in [-0.05, 0) is 55.3 Å². The molecule has 3 aromatic rings. The van der Waals surface area contributed by atoms with E-state index in [1.165, 1.54) is 37.3 Å². The molecule has 0 unspecified atom stereocenters. The average molecular weight is 540 g/mol. The van der Waals surface area contributed by atoms with Crippen LogP contribution in [0.4, 0.5) is 0 Å². The van der Waals surface area contributed by atoms with Gasteiger partial charge in [-0.15, -0.1) is 0 Å². The van der Waals surface area contributed by atoms with Gasteiger partial charge in [-0.3, -0.25) is 15.0 Å². The zero-order chi connectivity index (χ0) is 27.3. The van der Waals surface area contributed by atoms with Crippen molar-refractivity contribution in [3.8, 4) is 11.1 Å². The summed E-state index contributed by atoms with van der Waals surface area (Å²) in [5.74, 6) is -3.46. The number of ether oxygens (including phenoxy) is 1. The van der Waals surface area contributed by atoms with Gasteiger partial charge < -0.3 is 9.84 Å². The second-order valence-corrected chi connectivity index (χ2v) is 9.04. The second-order valence-electron chi connectivity index (χ2n) is 8.20. The molecule has 0 amide bonds. The summed E-state index contributed by atoms with van der Waals surface area (Å²) < 4.78 is 5.31. The summed E-state index contributed by atoms with van der Waals surface area (Å²) in [6.45, 7) is 3.38. The predicted molar refractivity (Wildman–Crippen MR) is 142 cm³/mol. The Bertz CT molecular complexity index is 1430. The number of carbonyl (C=O) groups excluding carboxylic acids is 3. The molecule has 0 spiro atoms. The van der Waals surface area contributed by atoms with Crippen molar-refractivity contribution >= 4 is 52.4 Å². The number of benzene rings is 3. The molecule has 0 fully saturated rings. The van der Waals surface area contributed by atoms with Crippen LogP contribution < -0.4 is 0 Å². The summed E-state index contributed by atoms with van der Waals surface area (Å²) in [5.41, 5.74) is -0.246. The molecule has 0 saturated carbocycles. The van der Waals surface area contributed by atoms with E-state index in [1.807, 2.05) is 6.92 Å². The van der Waals surface area contributed by atoms with Gasteiger partial charge in [0.2, 0.25) is 5.78 Å². The summed E-state index contributed by atoms with van der Waals surface area (Å²) >= 11 is 12.3. The fourth-order valence-electron chi connectivity index (χ4n) is 3.60. The normalized spacial score (nSPS) is 10.6. The number of carboxylic acids is 1. The number of carboxylic acid groups (broad SMARTS) is 1. The van der Waals surface area contributed by atoms with E-state index in [0.717, 1.165) is 12.5 Å². The van der Waals surface area contributed by atoms with Crippen LogP contribution in [0.1, 0.15) is 73.7 Å². The minimum atomic E-state index is -1.43. The molecule has 3 aromatic carbocycles. The van der Waals surface area contributed by atoms with Gasteiger partial charge in [0.05, 0.1) is 17.7 Å². The van der Waals surface area contributed by atoms with E-state index in [-0.39, 0.29) is 34.6 Å². The first-order valence-electron chi connectivity index (χ1n) is 11.3. The molecule has 0 aromatic heterocycles. The van der Waals surface area contributed by atoms with Gasteiger partial charge in [-0.1, -0.05) is 54.7 Å². The number of ketones is 2. The third-order valence-corrected chi connectivity index (χ3v) is 6.16. The van der Waals surface area contributed by atoms with Crippen molar-refractivity contribution in [1.29, 1.82) is 5.41 Å². The molecule has 0 bridgehead atoms. The highest BCUT2D eigenvalue weighted by atomic mass is 35.5. The molecule has 190 valence electrons. The van der Waals surface area contributed by atoms with Crippen molar-refractivity contribution in [1.82, 2.24) is 0 Å². The van der Waals surface area contributed by atoms with Gasteiger partial charge in [0, 0.05) is 32.3 Å². The summed E-state index contributed by atoms with van der Waals surface area (Å²) in [6, 6.07) is 12.9. The van der Waals surface area contributed by atoms with Crippen LogP contribution in [0.25, 0.3) is 11.1 Å². The molecule has 2 N–H and O–H groups in total. The first-order chi connectivity index (χ1) is 17.5. The van der Waals surface area contributed by atoms with Gasteiger partial charge in [0.1, 0.15) is 5.71 Å². The lowest BCUT2D eigenvalue weighted by molar-refractivity contribution is 0.0499. The lowest BCUT2D eigenvalue weighted by atomic mass is 9.90. The van der Waals surface area contributed by atoms with E-state index < -0.39 is 29.0 Å². The van der Waals surface area contributed by atoms with Crippen molar-refractivity contribution < 1.29 is 29.0 Å². The molecule has 0 aliphatic carbocycles. The van der Waals surface area contributed by atoms with E-state index in [0.29, 0.717) is 27.6 Å². The number of hydrogen-bond donors (Lipinski definition) is 2. The van der Waals surface area contributed by atoms with Crippen LogP contribution in [0.5, 0.6) is 0 Å². The number of esters is 1. The van der Waals surface area contributed by atoms with E-state index in [9.17, 15) is 24.3 Å². The average Bonchev–Trinajstić information content (AvgIpc) is 2.87. The van der Waals surface area contributed by atoms with Gasteiger partial charge in [0.25, 0.3) is 0 Å². The number of aromatic carboxylic acids is 1. The lowest BCUT2D eigenvalue weighted by Gasteiger charge is -2.14. The quantitative estimate of drug-likeness (QED) is 0.127.